The maximum Gasteiger partial charge on any atom is 0.238 e. The van der Waals surface area contributed by atoms with Gasteiger partial charge in [0, 0.05) is 11.1 Å². The lowest BCUT2D eigenvalue weighted by Crippen LogP contribution is -2.44. The lowest BCUT2D eigenvalue weighted by atomic mass is 10.2. The molecule has 1 fully saturated rings. The molecule has 0 heterocycles. The molecule has 2 amide bonds. The zero-order valence-electron chi connectivity index (χ0n) is 14.6. The van der Waals surface area contributed by atoms with Crippen molar-refractivity contribution in [2.45, 2.75) is 39.2 Å². The molecule has 0 saturated heterocycles. The predicted molar refractivity (Wildman–Crippen MR) is 102 cm³/mol. The minimum absolute atomic E-state index is 0.0369. The molecule has 1 aliphatic rings. The lowest BCUT2D eigenvalue weighted by Gasteiger charge is -2.22. The number of hydrogen-bond donors (Lipinski definition) is 2. The first-order chi connectivity index (χ1) is 11.9. The molecule has 0 bridgehead atoms. The highest BCUT2D eigenvalue weighted by atomic mass is 35.5. The highest BCUT2D eigenvalue weighted by Crippen LogP contribution is 2.32. The molecule has 1 aromatic rings. The van der Waals surface area contributed by atoms with E-state index >= 15 is 0 Å². The van der Waals surface area contributed by atoms with Gasteiger partial charge in [0.25, 0.3) is 0 Å². The number of amides is 2. The highest BCUT2D eigenvalue weighted by molar-refractivity contribution is 6.36. The van der Waals surface area contributed by atoms with Crippen molar-refractivity contribution in [1.29, 1.82) is 0 Å². The van der Waals surface area contributed by atoms with Crippen LogP contribution >= 0.6 is 23.2 Å². The van der Waals surface area contributed by atoms with E-state index in [1.165, 1.54) is 12.8 Å². The normalized spacial score (nSPS) is 15.1. The molecule has 0 aromatic heterocycles. The third-order valence-electron chi connectivity index (χ3n) is 4.20. The second-order valence-corrected chi connectivity index (χ2v) is 7.42. The van der Waals surface area contributed by atoms with Gasteiger partial charge in [-0.15, -0.1) is 0 Å². The van der Waals surface area contributed by atoms with Crippen LogP contribution in [0.15, 0.2) is 18.2 Å². The van der Waals surface area contributed by atoms with Gasteiger partial charge in [0.15, 0.2) is 0 Å². The molecule has 2 N–H and O–H groups in total. The summed E-state index contributed by atoms with van der Waals surface area (Å²) in [5.74, 6) is 0.366. The summed E-state index contributed by atoms with van der Waals surface area (Å²) in [6, 6.07) is 5.11. The number of halogens is 2. The second kappa shape index (κ2) is 9.41. The second-order valence-electron chi connectivity index (χ2n) is 6.58. The van der Waals surface area contributed by atoms with Crippen LogP contribution in [-0.4, -0.2) is 42.4 Å². The van der Waals surface area contributed by atoms with Crippen molar-refractivity contribution in [3.8, 4) is 0 Å². The van der Waals surface area contributed by atoms with Crippen molar-refractivity contribution in [2.75, 3.05) is 25.0 Å². The number of rotatable bonds is 9. The van der Waals surface area contributed by atoms with E-state index in [1.54, 1.807) is 18.2 Å². The van der Waals surface area contributed by atoms with Crippen LogP contribution in [-0.2, 0) is 9.59 Å². The van der Waals surface area contributed by atoms with E-state index in [9.17, 15) is 9.59 Å². The van der Waals surface area contributed by atoms with Gasteiger partial charge in [0.1, 0.15) is 0 Å². The Kier molecular flexibility index (Phi) is 7.54. The predicted octanol–water partition coefficient (Wildman–Crippen LogP) is 3.56. The molecule has 2 rings (SSSR count). The molecule has 0 aliphatic heterocycles. The Morgan fingerprint density at radius 2 is 1.92 bits per heavy atom. The number of hydrogen-bond acceptors (Lipinski definition) is 3. The first kappa shape index (κ1) is 20.0. The van der Waals surface area contributed by atoms with Gasteiger partial charge in [-0.05, 0) is 56.8 Å². The zero-order valence-corrected chi connectivity index (χ0v) is 16.2. The molecule has 1 saturated carbocycles. The number of carbonyl (C=O) groups excluding carboxylic acids is 2. The van der Waals surface area contributed by atoms with E-state index in [0.717, 1.165) is 6.42 Å². The lowest BCUT2D eigenvalue weighted by molar-refractivity contribution is -0.124. The van der Waals surface area contributed by atoms with Crippen LogP contribution in [0.3, 0.4) is 0 Å². The van der Waals surface area contributed by atoms with E-state index in [2.05, 4.69) is 10.6 Å². The Hall–Kier alpha value is -1.30. The fourth-order valence-electron chi connectivity index (χ4n) is 2.73. The quantitative estimate of drug-likeness (QED) is 0.682. The number of nitrogens with one attached hydrogen (secondary N) is 2. The Morgan fingerprint density at radius 1 is 1.24 bits per heavy atom. The number of benzene rings is 1. The molecule has 1 aliphatic carbocycles. The van der Waals surface area contributed by atoms with Crippen LogP contribution < -0.4 is 10.6 Å². The molecule has 1 aromatic carbocycles. The maximum atomic E-state index is 12.3. The van der Waals surface area contributed by atoms with Crippen molar-refractivity contribution < 1.29 is 9.59 Å². The summed E-state index contributed by atoms with van der Waals surface area (Å²) in [6.07, 6.45) is 3.23. The van der Waals surface area contributed by atoms with Gasteiger partial charge in [-0.3, -0.25) is 14.5 Å². The molecular formula is C18H25Cl2N3O2. The summed E-state index contributed by atoms with van der Waals surface area (Å²) >= 11 is 11.9. The van der Waals surface area contributed by atoms with Crippen LogP contribution in [0.5, 0.6) is 0 Å². The monoisotopic (exact) mass is 385 g/mol. The Bertz CT molecular complexity index is 620. The van der Waals surface area contributed by atoms with Crippen molar-refractivity contribution in [1.82, 2.24) is 10.2 Å². The molecule has 1 unspecified atom stereocenters. The van der Waals surface area contributed by atoms with Crippen molar-refractivity contribution in [3.63, 3.8) is 0 Å². The molecule has 138 valence electrons. The van der Waals surface area contributed by atoms with Gasteiger partial charge in [0.05, 0.1) is 23.8 Å². The standard InChI is InChI=1S/C18H25Cl2N3O2/c1-3-8-23(10-17(24)21-12(2)13-4-5-13)11-18(25)22-16-7-6-14(19)9-15(16)20/h6-7,9,12-13H,3-5,8,10-11H2,1-2H3,(H,21,24)(H,22,25). The van der Waals surface area contributed by atoms with E-state index < -0.39 is 0 Å². The molecule has 7 heteroatoms. The topological polar surface area (TPSA) is 61.4 Å². The van der Waals surface area contributed by atoms with Crippen molar-refractivity contribution in [3.05, 3.63) is 28.2 Å². The summed E-state index contributed by atoms with van der Waals surface area (Å²) in [5, 5.41) is 6.69. The van der Waals surface area contributed by atoms with Gasteiger partial charge in [-0.1, -0.05) is 30.1 Å². The fraction of sp³-hybridized carbons (Fsp3) is 0.556. The molecule has 25 heavy (non-hydrogen) atoms. The molecule has 5 nitrogen and oxygen atoms in total. The minimum atomic E-state index is -0.208. The maximum absolute atomic E-state index is 12.3. The van der Waals surface area contributed by atoms with Gasteiger partial charge in [0.2, 0.25) is 11.8 Å². The highest BCUT2D eigenvalue weighted by Gasteiger charge is 2.29. The van der Waals surface area contributed by atoms with Gasteiger partial charge < -0.3 is 10.6 Å². The van der Waals surface area contributed by atoms with Crippen LogP contribution in [0.1, 0.15) is 33.1 Å². The Morgan fingerprint density at radius 3 is 2.52 bits per heavy atom. The summed E-state index contributed by atoms with van der Waals surface area (Å²) in [7, 11) is 0. The van der Waals surface area contributed by atoms with Gasteiger partial charge >= 0.3 is 0 Å². The average molecular weight is 386 g/mol. The SMILES string of the molecule is CCCN(CC(=O)Nc1ccc(Cl)cc1Cl)CC(=O)NC(C)C1CC1. The fourth-order valence-corrected chi connectivity index (χ4v) is 3.19. The van der Waals surface area contributed by atoms with Gasteiger partial charge in [-0.25, -0.2) is 0 Å². The van der Waals surface area contributed by atoms with Crippen LogP contribution in [0.25, 0.3) is 0 Å². The summed E-state index contributed by atoms with van der Waals surface area (Å²) in [4.78, 5) is 26.3. The largest absolute Gasteiger partial charge is 0.352 e. The third kappa shape index (κ3) is 6.84. The van der Waals surface area contributed by atoms with Gasteiger partial charge in [-0.2, -0.15) is 0 Å². The zero-order chi connectivity index (χ0) is 18.4. The van der Waals surface area contributed by atoms with E-state index in [-0.39, 0.29) is 30.9 Å². The number of carbonyl (C=O) groups is 2. The van der Waals surface area contributed by atoms with E-state index in [4.69, 9.17) is 23.2 Å². The number of nitrogens with zero attached hydrogens (tertiary/aromatic N) is 1. The van der Waals surface area contributed by atoms with E-state index in [1.807, 2.05) is 18.7 Å². The summed E-state index contributed by atoms with van der Waals surface area (Å²) < 4.78 is 0. The smallest absolute Gasteiger partial charge is 0.238 e. The first-order valence-electron chi connectivity index (χ1n) is 8.65. The van der Waals surface area contributed by atoms with E-state index in [0.29, 0.717) is 28.2 Å². The molecular weight excluding hydrogens is 361 g/mol. The minimum Gasteiger partial charge on any atom is -0.352 e. The Labute approximate surface area is 159 Å². The first-order valence-corrected chi connectivity index (χ1v) is 9.41. The summed E-state index contributed by atoms with van der Waals surface area (Å²) in [5.41, 5.74) is 0.513. The van der Waals surface area contributed by atoms with Crippen LogP contribution in [0.2, 0.25) is 10.0 Å². The third-order valence-corrected chi connectivity index (χ3v) is 4.75. The van der Waals surface area contributed by atoms with Crippen LogP contribution in [0, 0.1) is 5.92 Å². The molecule has 0 radical (unpaired) electrons. The van der Waals surface area contributed by atoms with Crippen molar-refractivity contribution >= 4 is 40.7 Å². The average Bonchev–Trinajstić information content (AvgIpc) is 3.35. The number of anilines is 1. The molecule has 1 atom stereocenters. The summed E-state index contributed by atoms with van der Waals surface area (Å²) in [6.45, 7) is 5.08. The van der Waals surface area contributed by atoms with Crippen molar-refractivity contribution in [2.24, 2.45) is 5.92 Å². The Balaban J connectivity index is 1.86. The van der Waals surface area contributed by atoms with Crippen LogP contribution in [0.4, 0.5) is 5.69 Å². The molecule has 0 spiro atoms.